The Bertz CT molecular complexity index is 670. The summed E-state index contributed by atoms with van der Waals surface area (Å²) in [6.45, 7) is 1.52. The monoisotopic (exact) mass is 364 g/mol. The summed E-state index contributed by atoms with van der Waals surface area (Å²) in [5, 5.41) is 5.05. The number of esters is 1. The first-order valence-corrected chi connectivity index (χ1v) is 8.49. The van der Waals surface area contributed by atoms with Crippen LogP contribution in [0.25, 0.3) is 0 Å². The van der Waals surface area contributed by atoms with E-state index in [4.69, 9.17) is 9.47 Å². The zero-order valence-corrected chi connectivity index (χ0v) is 15.2. The van der Waals surface area contributed by atoms with E-state index in [1.54, 1.807) is 0 Å². The highest BCUT2D eigenvalue weighted by molar-refractivity contribution is 5.96. The molecule has 1 aliphatic rings. The number of rotatable bonds is 6. The highest BCUT2D eigenvalue weighted by atomic mass is 16.5. The second-order valence-electron chi connectivity index (χ2n) is 6.06. The third kappa shape index (κ3) is 5.11. The molecule has 8 nitrogen and oxygen atoms in total. The van der Waals surface area contributed by atoms with Crippen LogP contribution in [0.5, 0.6) is 11.5 Å². The molecule has 0 saturated heterocycles. The van der Waals surface area contributed by atoms with Gasteiger partial charge in [0.15, 0.2) is 17.6 Å². The van der Waals surface area contributed by atoms with Crippen molar-refractivity contribution in [3.63, 3.8) is 0 Å². The minimum absolute atomic E-state index is 0.116. The number of nitrogens with one attached hydrogen (secondary N) is 2. The van der Waals surface area contributed by atoms with Crippen molar-refractivity contribution >= 4 is 17.9 Å². The molecule has 1 fully saturated rings. The van der Waals surface area contributed by atoms with Crippen molar-refractivity contribution in [2.45, 2.75) is 44.8 Å². The number of methoxy groups -OCH3 is 2. The first kappa shape index (κ1) is 19.6. The van der Waals surface area contributed by atoms with Crippen molar-refractivity contribution in [1.82, 2.24) is 10.6 Å². The molecule has 2 rings (SSSR count). The van der Waals surface area contributed by atoms with Gasteiger partial charge in [-0.05, 0) is 38.0 Å². The summed E-state index contributed by atoms with van der Waals surface area (Å²) in [4.78, 5) is 35.6. The van der Waals surface area contributed by atoms with Gasteiger partial charge in [-0.3, -0.25) is 10.1 Å². The Hall–Kier alpha value is -2.77. The smallest absolute Gasteiger partial charge is 0.337 e. The van der Waals surface area contributed by atoms with Crippen LogP contribution in [0.4, 0.5) is 4.79 Å². The third-order valence-corrected chi connectivity index (χ3v) is 4.18. The molecule has 3 amide bonds. The van der Waals surface area contributed by atoms with Crippen LogP contribution in [0, 0.1) is 0 Å². The highest BCUT2D eigenvalue weighted by Crippen LogP contribution is 2.29. The SMILES string of the molecule is COC(=O)c1ccc(O[C@H](C)C(=O)NC(=O)NC2CCCC2)c(OC)c1. The number of carbonyl (C=O) groups excluding carboxylic acids is 3. The van der Waals surface area contributed by atoms with Crippen LogP contribution in [-0.2, 0) is 9.53 Å². The van der Waals surface area contributed by atoms with Crippen LogP contribution in [0.2, 0.25) is 0 Å². The van der Waals surface area contributed by atoms with Gasteiger partial charge in [0.05, 0.1) is 19.8 Å². The standard InChI is InChI=1S/C18H24N2O6/c1-11(16(21)20-18(23)19-13-6-4-5-7-13)26-14-9-8-12(17(22)25-3)10-15(14)24-2/h8-11,13H,4-7H2,1-3H3,(H2,19,20,21,23)/t11-/m1/s1. The Balaban J connectivity index is 1.94. The van der Waals surface area contributed by atoms with Crippen LogP contribution in [-0.4, -0.2) is 44.3 Å². The second kappa shape index (κ2) is 9.07. The van der Waals surface area contributed by atoms with E-state index in [1.165, 1.54) is 39.3 Å². The van der Waals surface area contributed by atoms with Crippen LogP contribution >= 0.6 is 0 Å². The summed E-state index contributed by atoms with van der Waals surface area (Å²) in [6, 6.07) is 4.06. The summed E-state index contributed by atoms with van der Waals surface area (Å²) >= 11 is 0. The number of amides is 3. The molecule has 0 spiro atoms. The topological polar surface area (TPSA) is 103 Å². The number of hydrogen-bond acceptors (Lipinski definition) is 6. The number of urea groups is 1. The van der Waals surface area contributed by atoms with Crippen molar-refractivity contribution in [2.75, 3.05) is 14.2 Å². The number of imide groups is 1. The van der Waals surface area contributed by atoms with Crippen molar-refractivity contribution in [3.05, 3.63) is 23.8 Å². The van der Waals surface area contributed by atoms with Crippen molar-refractivity contribution in [1.29, 1.82) is 0 Å². The molecule has 26 heavy (non-hydrogen) atoms. The first-order valence-electron chi connectivity index (χ1n) is 8.49. The lowest BCUT2D eigenvalue weighted by atomic mass is 10.2. The van der Waals surface area contributed by atoms with Crippen molar-refractivity contribution in [3.8, 4) is 11.5 Å². The molecule has 8 heteroatoms. The van der Waals surface area contributed by atoms with Crippen LogP contribution in [0.15, 0.2) is 18.2 Å². The molecule has 1 saturated carbocycles. The van der Waals surface area contributed by atoms with Gasteiger partial charge in [0.25, 0.3) is 5.91 Å². The van der Waals surface area contributed by atoms with E-state index in [2.05, 4.69) is 15.4 Å². The fourth-order valence-electron chi connectivity index (χ4n) is 2.76. The first-order chi connectivity index (χ1) is 12.4. The zero-order valence-electron chi connectivity index (χ0n) is 15.2. The Kier molecular flexibility index (Phi) is 6.82. The Morgan fingerprint density at radius 2 is 1.81 bits per heavy atom. The largest absolute Gasteiger partial charge is 0.493 e. The predicted octanol–water partition coefficient (Wildman–Crippen LogP) is 2.02. The van der Waals surface area contributed by atoms with Gasteiger partial charge >= 0.3 is 12.0 Å². The van der Waals surface area contributed by atoms with Gasteiger partial charge in [0.2, 0.25) is 0 Å². The minimum atomic E-state index is -0.929. The molecule has 0 aromatic heterocycles. The Morgan fingerprint density at radius 3 is 2.42 bits per heavy atom. The van der Waals surface area contributed by atoms with Gasteiger partial charge < -0.3 is 19.5 Å². The van der Waals surface area contributed by atoms with Crippen LogP contribution in [0.1, 0.15) is 43.0 Å². The predicted molar refractivity (Wildman–Crippen MR) is 93.4 cm³/mol. The maximum atomic E-state index is 12.1. The average Bonchev–Trinajstić information content (AvgIpc) is 3.13. The summed E-state index contributed by atoms with van der Waals surface area (Å²) in [5.41, 5.74) is 0.296. The van der Waals surface area contributed by atoms with Crippen molar-refractivity contribution < 1.29 is 28.6 Å². The maximum Gasteiger partial charge on any atom is 0.337 e. The van der Waals surface area contributed by atoms with E-state index in [1.807, 2.05) is 0 Å². The number of benzene rings is 1. The summed E-state index contributed by atoms with van der Waals surface area (Å²) in [6.07, 6.45) is 3.09. The fourth-order valence-corrected chi connectivity index (χ4v) is 2.76. The van der Waals surface area contributed by atoms with Gasteiger partial charge in [-0.25, -0.2) is 9.59 Å². The lowest BCUT2D eigenvalue weighted by molar-refractivity contribution is -0.126. The molecular weight excluding hydrogens is 340 g/mol. The van der Waals surface area contributed by atoms with Crippen molar-refractivity contribution in [2.24, 2.45) is 0 Å². The quantitative estimate of drug-likeness (QED) is 0.749. The molecule has 0 aliphatic heterocycles. The summed E-state index contributed by atoms with van der Waals surface area (Å²) in [7, 11) is 2.70. The van der Waals surface area contributed by atoms with Gasteiger partial charge in [-0.1, -0.05) is 12.8 Å². The molecule has 1 aromatic rings. The van der Waals surface area contributed by atoms with Gasteiger partial charge in [-0.2, -0.15) is 0 Å². The molecule has 1 aliphatic carbocycles. The van der Waals surface area contributed by atoms with Gasteiger partial charge in [-0.15, -0.1) is 0 Å². The van der Waals surface area contributed by atoms with E-state index >= 15 is 0 Å². The molecule has 0 unspecified atom stereocenters. The average molecular weight is 364 g/mol. The molecule has 0 heterocycles. The molecule has 142 valence electrons. The van der Waals surface area contributed by atoms with E-state index in [9.17, 15) is 14.4 Å². The zero-order chi connectivity index (χ0) is 19.1. The lowest BCUT2D eigenvalue weighted by Gasteiger charge is -2.18. The number of carbonyl (C=O) groups is 3. The highest BCUT2D eigenvalue weighted by Gasteiger charge is 2.22. The molecule has 1 aromatic carbocycles. The number of ether oxygens (including phenoxy) is 3. The third-order valence-electron chi connectivity index (χ3n) is 4.18. The molecule has 1 atom stereocenters. The Labute approximate surface area is 152 Å². The summed E-state index contributed by atoms with van der Waals surface area (Å²) < 4.78 is 15.4. The Morgan fingerprint density at radius 1 is 1.12 bits per heavy atom. The van der Waals surface area contributed by atoms with Gasteiger partial charge in [0.1, 0.15) is 0 Å². The van der Waals surface area contributed by atoms with E-state index in [-0.39, 0.29) is 17.5 Å². The maximum absolute atomic E-state index is 12.1. The second-order valence-corrected chi connectivity index (χ2v) is 6.06. The summed E-state index contributed by atoms with van der Waals surface area (Å²) in [5.74, 6) is -0.522. The van der Waals surface area contributed by atoms with E-state index in [0.717, 1.165) is 25.7 Å². The molecule has 0 bridgehead atoms. The molecular formula is C18H24N2O6. The van der Waals surface area contributed by atoms with Gasteiger partial charge in [0, 0.05) is 6.04 Å². The molecule has 0 radical (unpaired) electrons. The van der Waals surface area contributed by atoms with Crippen LogP contribution in [0.3, 0.4) is 0 Å². The minimum Gasteiger partial charge on any atom is -0.493 e. The van der Waals surface area contributed by atoms with E-state index < -0.39 is 24.0 Å². The normalized spacial score (nSPS) is 15.0. The lowest BCUT2D eigenvalue weighted by Crippen LogP contribution is -2.47. The number of hydrogen-bond donors (Lipinski definition) is 2. The van der Waals surface area contributed by atoms with E-state index in [0.29, 0.717) is 5.56 Å². The van der Waals surface area contributed by atoms with Crippen LogP contribution < -0.4 is 20.1 Å². The fraction of sp³-hybridized carbons (Fsp3) is 0.500. The molecule has 2 N–H and O–H groups in total.